The maximum absolute atomic E-state index is 14.6. The van der Waals surface area contributed by atoms with Crippen molar-refractivity contribution in [2.24, 2.45) is 5.41 Å². The molecule has 2 aromatic rings. The molecule has 0 saturated heterocycles. The van der Waals surface area contributed by atoms with Gasteiger partial charge in [-0.05, 0) is 25.1 Å². The van der Waals surface area contributed by atoms with Crippen molar-refractivity contribution in [3.05, 3.63) is 76.8 Å². The number of aliphatic hydroxyl groups excluding tert-OH is 1. The van der Waals surface area contributed by atoms with Gasteiger partial charge in [0.25, 0.3) is 5.91 Å². The van der Waals surface area contributed by atoms with Crippen molar-refractivity contribution in [3.63, 3.8) is 0 Å². The number of halogens is 1. The van der Waals surface area contributed by atoms with Crippen LogP contribution in [0.1, 0.15) is 37.9 Å². The third-order valence-electron chi connectivity index (χ3n) is 4.65. The molecule has 0 radical (unpaired) electrons. The molecule has 1 unspecified atom stereocenters. The van der Waals surface area contributed by atoms with Crippen molar-refractivity contribution in [1.29, 1.82) is 0 Å². The average Bonchev–Trinajstić information content (AvgIpc) is 2.86. The molecule has 1 N–H and O–H groups in total. The smallest absolute Gasteiger partial charge is 0.294 e. The number of rotatable bonds is 3. The fourth-order valence-corrected chi connectivity index (χ4v) is 3.20. The van der Waals surface area contributed by atoms with E-state index in [1.54, 1.807) is 45.0 Å². The number of Topliss-reactive ketones (excluding diaryl/α,β-unsaturated/α-hetero) is 1. The van der Waals surface area contributed by atoms with Crippen LogP contribution in [0, 0.1) is 18.2 Å². The Bertz CT molecular complexity index is 939. The van der Waals surface area contributed by atoms with E-state index in [4.69, 9.17) is 0 Å². The van der Waals surface area contributed by atoms with E-state index in [0.29, 0.717) is 5.69 Å². The summed E-state index contributed by atoms with van der Waals surface area (Å²) in [5, 5.41) is 10.5. The van der Waals surface area contributed by atoms with Crippen LogP contribution in [0.25, 0.3) is 0 Å². The molecular weight excluding hydrogens is 345 g/mol. The first-order chi connectivity index (χ1) is 12.6. The lowest BCUT2D eigenvalue weighted by atomic mass is 9.82. The van der Waals surface area contributed by atoms with Gasteiger partial charge in [0.05, 0.1) is 11.6 Å². The number of carbonyl (C=O) groups is 2. The molecule has 0 aliphatic carbocycles. The normalized spacial score (nSPS) is 17.6. The van der Waals surface area contributed by atoms with Gasteiger partial charge >= 0.3 is 0 Å². The van der Waals surface area contributed by atoms with Crippen LogP contribution in [-0.2, 0) is 9.59 Å². The summed E-state index contributed by atoms with van der Waals surface area (Å²) < 4.78 is 14.6. The van der Waals surface area contributed by atoms with Crippen molar-refractivity contribution < 1.29 is 19.1 Å². The fourth-order valence-electron chi connectivity index (χ4n) is 3.20. The van der Waals surface area contributed by atoms with Gasteiger partial charge in [-0.15, -0.1) is 0 Å². The second kappa shape index (κ2) is 6.65. The van der Waals surface area contributed by atoms with Gasteiger partial charge in [0, 0.05) is 16.7 Å². The van der Waals surface area contributed by atoms with E-state index in [2.05, 4.69) is 0 Å². The predicted octanol–water partition coefficient (Wildman–Crippen LogP) is 4.65. The van der Waals surface area contributed by atoms with E-state index in [1.165, 1.54) is 17.0 Å². The Hall–Kier alpha value is -2.95. The standard InChI is InChI=1S/C22H22FNO3/c1-13-9-11-14(12-10-13)24-18(15-7-5-6-8-16(15)23)17(19(25)21(24)27)20(26)22(2,3)4/h5-12,18,25H,1-4H3. The summed E-state index contributed by atoms with van der Waals surface area (Å²) in [6, 6.07) is 12.1. The van der Waals surface area contributed by atoms with Gasteiger partial charge in [-0.1, -0.05) is 56.7 Å². The van der Waals surface area contributed by atoms with E-state index < -0.39 is 34.7 Å². The van der Waals surface area contributed by atoms with Gasteiger partial charge in [-0.25, -0.2) is 4.39 Å². The highest BCUT2D eigenvalue weighted by Gasteiger charge is 2.47. The van der Waals surface area contributed by atoms with Crippen LogP contribution in [0.15, 0.2) is 59.9 Å². The Kier molecular flexibility index (Phi) is 4.64. The quantitative estimate of drug-likeness (QED) is 0.859. The van der Waals surface area contributed by atoms with E-state index in [9.17, 15) is 19.1 Å². The summed E-state index contributed by atoms with van der Waals surface area (Å²) in [5.74, 6) is -2.26. The van der Waals surface area contributed by atoms with E-state index in [1.807, 2.05) is 19.1 Å². The van der Waals surface area contributed by atoms with Crippen LogP contribution in [-0.4, -0.2) is 16.8 Å². The highest BCUT2D eigenvalue weighted by Crippen LogP contribution is 2.43. The minimum Gasteiger partial charge on any atom is -0.503 e. The molecule has 1 heterocycles. The number of aryl methyl sites for hydroxylation is 1. The lowest BCUT2D eigenvalue weighted by molar-refractivity contribution is -0.123. The SMILES string of the molecule is Cc1ccc(N2C(=O)C(O)=C(C(=O)C(C)(C)C)C2c2ccccc2F)cc1. The number of amides is 1. The van der Waals surface area contributed by atoms with Crippen LogP contribution >= 0.6 is 0 Å². The molecule has 1 aliphatic heterocycles. The molecule has 27 heavy (non-hydrogen) atoms. The van der Waals surface area contributed by atoms with Gasteiger partial charge in [-0.3, -0.25) is 14.5 Å². The van der Waals surface area contributed by atoms with Crippen LogP contribution in [0.5, 0.6) is 0 Å². The third kappa shape index (κ3) is 3.25. The predicted molar refractivity (Wildman–Crippen MR) is 102 cm³/mol. The number of hydrogen-bond donors (Lipinski definition) is 1. The molecule has 0 spiro atoms. The van der Waals surface area contributed by atoms with Crippen molar-refractivity contribution in [1.82, 2.24) is 0 Å². The third-order valence-corrected chi connectivity index (χ3v) is 4.65. The van der Waals surface area contributed by atoms with Crippen LogP contribution in [0.2, 0.25) is 0 Å². The topological polar surface area (TPSA) is 57.6 Å². The minimum absolute atomic E-state index is 0.0711. The Morgan fingerprint density at radius 1 is 1.07 bits per heavy atom. The van der Waals surface area contributed by atoms with E-state index in [-0.39, 0.29) is 11.1 Å². The molecule has 2 aromatic carbocycles. The first-order valence-corrected chi connectivity index (χ1v) is 8.75. The second-order valence-electron chi connectivity index (χ2n) is 7.78. The molecule has 5 heteroatoms. The largest absolute Gasteiger partial charge is 0.503 e. The maximum Gasteiger partial charge on any atom is 0.294 e. The Morgan fingerprint density at radius 2 is 1.67 bits per heavy atom. The first-order valence-electron chi connectivity index (χ1n) is 8.75. The zero-order chi connectivity index (χ0) is 19.9. The number of ketones is 1. The second-order valence-corrected chi connectivity index (χ2v) is 7.78. The summed E-state index contributed by atoms with van der Waals surface area (Å²) >= 11 is 0. The van der Waals surface area contributed by atoms with Gasteiger partial charge in [0.15, 0.2) is 11.5 Å². The van der Waals surface area contributed by atoms with Crippen molar-refractivity contribution in [2.75, 3.05) is 4.90 Å². The highest BCUT2D eigenvalue weighted by molar-refractivity contribution is 6.17. The molecule has 1 atom stereocenters. The Balaban J connectivity index is 2.23. The summed E-state index contributed by atoms with van der Waals surface area (Å²) in [5.41, 5.74) is 0.746. The number of anilines is 1. The molecule has 3 rings (SSSR count). The zero-order valence-electron chi connectivity index (χ0n) is 15.8. The minimum atomic E-state index is -1.02. The molecule has 140 valence electrons. The maximum atomic E-state index is 14.6. The van der Waals surface area contributed by atoms with Gasteiger partial charge in [0.1, 0.15) is 5.82 Å². The summed E-state index contributed by atoms with van der Waals surface area (Å²) in [4.78, 5) is 27.2. The molecule has 1 aliphatic rings. The summed E-state index contributed by atoms with van der Waals surface area (Å²) in [6.07, 6.45) is 0. The summed E-state index contributed by atoms with van der Waals surface area (Å²) in [6.45, 7) is 7.02. The number of carbonyl (C=O) groups excluding carboxylic acids is 2. The van der Waals surface area contributed by atoms with Crippen molar-refractivity contribution in [3.8, 4) is 0 Å². The summed E-state index contributed by atoms with van der Waals surface area (Å²) in [7, 11) is 0. The van der Waals surface area contributed by atoms with Gasteiger partial charge in [0.2, 0.25) is 0 Å². The molecule has 0 fully saturated rings. The first kappa shape index (κ1) is 18.8. The van der Waals surface area contributed by atoms with Crippen LogP contribution < -0.4 is 4.90 Å². The lowest BCUT2D eigenvalue weighted by Crippen LogP contribution is -2.33. The average molecular weight is 367 g/mol. The molecule has 1 amide bonds. The lowest BCUT2D eigenvalue weighted by Gasteiger charge is -2.29. The van der Waals surface area contributed by atoms with Gasteiger partial charge < -0.3 is 5.11 Å². The van der Waals surface area contributed by atoms with Crippen LogP contribution in [0.3, 0.4) is 0 Å². The number of benzene rings is 2. The Morgan fingerprint density at radius 3 is 2.22 bits per heavy atom. The molecule has 0 aromatic heterocycles. The fraction of sp³-hybridized carbons (Fsp3) is 0.273. The molecule has 0 saturated carbocycles. The zero-order valence-corrected chi connectivity index (χ0v) is 15.8. The van der Waals surface area contributed by atoms with E-state index >= 15 is 0 Å². The van der Waals surface area contributed by atoms with Gasteiger partial charge in [-0.2, -0.15) is 0 Å². The number of hydrogen-bond acceptors (Lipinski definition) is 3. The van der Waals surface area contributed by atoms with Crippen molar-refractivity contribution in [2.45, 2.75) is 33.7 Å². The molecule has 4 nitrogen and oxygen atoms in total. The molecule has 0 bridgehead atoms. The number of nitrogens with zero attached hydrogens (tertiary/aromatic N) is 1. The van der Waals surface area contributed by atoms with Crippen molar-refractivity contribution >= 4 is 17.4 Å². The molecular formula is C22H22FNO3. The van der Waals surface area contributed by atoms with E-state index in [0.717, 1.165) is 5.56 Å². The Labute approximate surface area is 157 Å². The van der Waals surface area contributed by atoms with Crippen LogP contribution in [0.4, 0.5) is 10.1 Å². The number of aliphatic hydroxyl groups is 1. The highest BCUT2D eigenvalue weighted by atomic mass is 19.1. The monoisotopic (exact) mass is 367 g/mol.